The maximum Gasteiger partial charge on any atom is 0.435 e. The molecule has 0 saturated heterocycles. The van der Waals surface area contributed by atoms with Gasteiger partial charge in [-0.1, -0.05) is 59.2 Å². The van der Waals surface area contributed by atoms with Crippen LogP contribution in [0, 0.1) is 0 Å². The van der Waals surface area contributed by atoms with Gasteiger partial charge in [-0.25, -0.2) is 4.39 Å². The number of rotatable bonds is 5. The smallest absolute Gasteiger partial charge is 0.374 e. The van der Waals surface area contributed by atoms with Crippen LogP contribution in [0.25, 0.3) is 10.8 Å². The second kappa shape index (κ2) is 8.43. The van der Waals surface area contributed by atoms with Crippen LogP contribution in [0.2, 0.25) is 5.02 Å². The van der Waals surface area contributed by atoms with Crippen molar-refractivity contribution in [3.8, 4) is 0 Å². The van der Waals surface area contributed by atoms with Crippen LogP contribution in [-0.4, -0.2) is 31.0 Å². The summed E-state index contributed by atoms with van der Waals surface area (Å²) in [7, 11) is 0. The molecule has 4 rings (SSSR count). The lowest BCUT2D eigenvalue weighted by Gasteiger charge is -2.29. The Hall–Kier alpha value is -3.13. The Morgan fingerprint density at radius 1 is 1.06 bits per heavy atom. The molecule has 0 fully saturated rings. The van der Waals surface area contributed by atoms with Crippen LogP contribution in [0.3, 0.4) is 0 Å². The molecule has 1 unspecified atom stereocenters. The summed E-state index contributed by atoms with van der Waals surface area (Å²) in [6.45, 7) is -0.842. The monoisotopic (exact) mass is 464 g/mol. The van der Waals surface area contributed by atoms with E-state index in [9.17, 15) is 22.4 Å². The Labute approximate surface area is 185 Å². The number of carbonyl (C=O) groups is 1. The lowest BCUT2D eigenvalue weighted by molar-refractivity contribution is -0.275. The maximum atomic E-state index is 14.2. The van der Waals surface area contributed by atoms with Gasteiger partial charge in [0.15, 0.2) is 0 Å². The summed E-state index contributed by atoms with van der Waals surface area (Å²) in [5, 5.41) is 7.63. The van der Waals surface area contributed by atoms with Gasteiger partial charge >= 0.3 is 6.18 Å². The van der Waals surface area contributed by atoms with Gasteiger partial charge in [0.2, 0.25) is 0 Å². The Bertz CT molecular complexity index is 1190. The van der Waals surface area contributed by atoms with E-state index in [1.165, 1.54) is 36.4 Å². The SMILES string of the molecule is O=C(NCCF)c1ccc(C2=NOC(c3ccc(Cl)cc3)(C(F)(F)F)C2)c2ccccc12. The first-order valence-electron chi connectivity index (χ1n) is 9.71. The summed E-state index contributed by atoms with van der Waals surface area (Å²) in [5.41, 5.74) is -1.95. The molecule has 0 spiro atoms. The van der Waals surface area contributed by atoms with Gasteiger partial charge in [0.05, 0.1) is 5.71 Å². The summed E-state index contributed by atoms with van der Waals surface area (Å²) in [6, 6.07) is 15.1. The Morgan fingerprint density at radius 3 is 2.41 bits per heavy atom. The number of hydrogen-bond donors (Lipinski definition) is 1. The number of halogens is 5. The van der Waals surface area contributed by atoms with Crippen molar-refractivity contribution in [3.05, 3.63) is 82.4 Å². The van der Waals surface area contributed by atoms with Gasteiger partial charge in [-0.2, -0.15) is 13.2 Å². The Balaban J connectivity index is 1.76. The molecule has 0 aromatic heterocycles. The number of carbonyl (C=O) groups excluding carboxylic acids is 1. The standard InChI is InChI=1S/C23H17ClF4N2O2/c24-15-7-5-14(6-8-15)22(23(26,27)28)13-20(30-32-22)18-9-10-19(21(31)29-12-11-25)17-4-2-1-3-16(17)18/h1-10H,11-13H2,(H,29,31). The highest BCUT2D eigenvalue weighted by atomic mass is 35.5. The van der Waals surface area contributed by atoms with Crippen molar-refractivity contribution in [2.45, 2.75) is 18.2 Å². The minimum absolute atomic E-state index is 0.101. The zero-order valence-corrected chi connectivity index (χ0v) is 17.3. The number of benzene rings is 3. The first-order valence-corrected chi connectivity index (χ1v) is 10.1. The number of nitrogens with zero attached hydrogens (tertiary/aromatic N) is 1. The van der Waals surface area contributed by atoms with Crippen LogP contribution in [0.1, 0.15) is 27.9 Å². The highest BCUT2D eigenvalue weighted by molar-refractivity contribution is 6.30. The van der Waals surface area contributed by atoms with Gasteiger partial charge < -0.3 is 10.2 Å². The van der Waals surface area contributed by atoms with Crippen LogP contribution in [-0.2, 0) is 10.4 Å². The van der Waals surface area contributed by atoms with Crippen LogP contribution < -0.4 is 5.32 Å². The number of fused-ring (bicyclic) bond motifs is 1. The minimum atomic E-state index is -4.74. The van der Waals surface area contributed by atoms with Crippen molar-refractivity contribution in [2.24, 2.45) is 5.16 Å². The van der Waals surface area contributed by atoms with Crippen molar-refractivity contribution in [2.75, 3.05) is 13.2 Å². The van der Waals surface area contributed by atoms with Crippen LogP contribution in [0.5, 0.6) is 0 Å². The first-order chi connectivity index (χ1) is 15.3. The summed E-state index contributed by atoms with van der Waals surface area (Å²) < 4.78 is 55.0. The molecule has 0 radical (unpaired) electrons. The van der Waals surface area contributed by atoms with E-state index in [0.29, 0.717) is 21.4 Å². The molecule has 9 heteroatoms. The molecule has 0 saturated carbocycles. The van der Waals surface area contributed by atoms with E-state index in [2.05, 4.69) is 10.5 Å². The molecule has 1 heterocycles. The summed E-state index contributed by atoms with van der Waals surface area (Å²) in [6.07, 6.45) is -5.29. The van der Waals surface area contributed by atoms with Crippen LogP contribution >= 0.6 is 11.6 Å². The van der Waals surface area contributed by atoms with Gasteiger partial charge in [0.1, 0.15) is 6.67 Å². The second-order valence-corrected chi connectivity index (χ2v) is 7.73. The number of amides is 1. The van der Waals surface area contributed by atoms with Crippen molar-refractivity contribution in [3.63, 3.8) is 0 Å². The lowest BCUT2D eigenvalue weighted by Crippen LogP contribution is -2.42. The molecule has 1 N–H and O–H groups in total. The highest BCUT2D eigenvalue weighted by Gasteiger charge is 2.62. The molecular weight excluding hydrogens is 448 g/mol. The molecular formula is C23H17ClF4N2O2. The zero-order chi connectivity index (χ0) is 22.9. The largest absolute Gasteiger partial charge is 0.435 e. The Kier molecular flexibility index (Phi) is 5.81. The topological polar surface area (TPSA) is 50.7 Å². The van der Waals surface area contributed by atoms with E-state index in [1.807, 2.05) is 0 Å². The fourth-order valence-electron chi connectivity index (χ4n) is 3.77. The number of hydrogen-bond acceptors (Lipinski definition) is 3. The minimum Gasteiger partial charge on any atom is -0.374 e. The predicted octanol–water partition coefficient (Wildman–Crippen LogP) is 5.77. The predicted molar refractivity (Wildman–Crippen MR) is 114 cm³/mol. The average molecular weight is 465 g/mol. The molecule has 3 aromatic carbocycles. The van der Waals surface area contributed by atoms with Crippen molar-refractivity contribution in [1.29, 1.82) is 0 Å². The van der Waals surface area contributed by atoms with E-state index in [4.69, 9.17) is 16.4 Å². The third kappa shape index (κ3) is 3.79. The average Bonchev–Trinajstić information content (AvgIpc) is 3.24. The molecule has 0 aliphatic carbocycles. The van der Waals surface area contributed by atoms with Gasteiger partial charge in [-0.15, -0.1) is 0 Å². The highest BCUT2D eigenvalue weighted by Crippen LogP contribution is 2.49. The maximum absolute atomic E-state index is 14.2. The van der Waals surface area contributed by atoms with Gasteiger partial charge in [-0.05, 0) is 29.0 Å². The number of oxime groups is 1. The molecule has 0 bridgehead atoms. The van der Waals surface area contributed by atoms with Crippen molar-refractivity contribution >= 4 is 34.0 Å². The van der Waals surface area contributed by atoms with E-state index < -0.39 is 30.8 Å². The third-order valence-corrected chi connectivity index (χ3v) is 5.61. The van der Waals surface area contributed by atoms with Crippen LogP contribution in [0.4, 0.5) is 17.6 Å². The molecule has 1 atom stereocenters. The summed E-state index contributed by atoms with van der Waals surface area (Å²) >= 11 is 5.84. The molecule has 4 nitrogen and oxygen atoms in total. The van der Waals surface area contributed by atoms with E-state index >= 15 is 0 Å². The molecule has 1 aliphatic rings. The number of alkyl halides is 4. The summed E-state index contributed by atoms with van der Waals surface area (Å²) in [4.78, 5) is 17.5. The van der Waals surface area contributed by atoms with Gasteiger partial charge in [0, 0.05) is 34.7 Å². The Morgan fingerprint density at radius 2 is 1.75 bits per heavy atom. The van der Waals surface area contributed by atoms with Gasteiger partial charge in [-0.3, -0.25) is 4.79 Å². The molecule has 1 aliphatic heterocycles. The fraction of sp³-hybridized carbons (Fsp3) is 0.217. The van der Waals surface area contributed by atoms with Crippen molar-refractivity contribution in [1.82, 2.24) is 5.32 Å². The number of nitrogens with one attached hydrogen (secondary N) is 1. The van der Waals surface area contributed by atoms with E-state index in [1.54, 1.807) is 24.3 Å². The fourth-order valence-corrected chi connectivity index (χ4v) is 3.90. The molecule has 1 amide bonds. The normalized spacial score (nSPS) is 18.3. The van der Waals surface area contributed by atoms with E-state index in [0.717, 1.165) is 0 Å². The van der Waals surface area contributed by atoms with Crippen molar-refractivity contribution < 1.29 is 27.2 Å². The van der Waals surface area contributed by atoms with Crippen LogP contribution in [0.15, 0.2) is 65.8 Å². The lowest BCUT2D eigenvalue weighted by atomic mass is 9.85. The van der Waals surface area contributed by atoms with Gasteiger partial charge in [0.25, 0.3) is 11.5 Å². The third-order valence-electron chi connectivity index (χ3n) is 5.36. The molecule has 3 aromatic rings. The second-order valence-electron chi connectivity index (χ2n) is 7.29. The zero-order valence-electron chi connectivity index (χ0n) is 16.5. The first kappa shape index (κ1) is 22.1. The molecule has 32 heavy (non-hydrogen) atoms. The molecule has 166 valence electrons. The summed E-state index contributed by atoms with van der Waals surface area (Å²) in [5.74, 6) is -0.471. The quantitative estimate of drug-likeness (QED) is 0.487. The van der Waals surface area contributed by atoms with E-state index in [-0.39, 0.29) is 23.4 Å².